The third-order valence-electron chi connectivity index (χ3n) is 2.36. The molecule has 2 N–H and O–H groups in total. The summed E-state index contributed by atoms with van der Waals surface area (Å²) in [6.45, 7) is 3.23. The van der Waals surface area contributed by atoms with Crippen LogP contribution in [0.25, 0.3) is 0 Å². The summed E-state index contributed by atoms with van der Waals surface area (Å²) in [5.74, 6) is -0.762. The van der Waals surface area contributed by atoms with Gasteiger partial charge in [-0.2, -0.15) is 0 Å². The van der Waals surface area contributed by atoms with E-state index in [4.69, 9.17) is 0 Å². The molecule has 1 aromatic carbocycles. The van der Waals surface area contributed by atoms with Gasteiger partial charge in [0.1, 0.15) is 11.8 Å². The molecule has 0 fully saturated rings. The van der Waals surface area contributed by atoms with E-state index < -0.39 is 12.0 Å². The van der Waals surface area contributed by atoms with Crippen LogP contribution in [0.3, 0.4) is 0 Å². The molecule has 0 saturated heterocycles. The summed E-state index contributed by atoms with van der Waals surface area (Å²) in [5, 5.41) is 11.8. The maximum absolute atomic E-state index is 11.7. The lowest BCUT2D eigenvalue weighted by atomic mass is 10.1. The lowest BCUT2D eigenvalue weighted by Crippen LogP contribution is -2.39. The molecule has 17 heavy (non-hydrogen) atoms. The Hall–Kier alpha value is -2.04. The summed E-state index contributed by atoms with van der Waals surface area (Å²) < 4.78 is 4.50. The Morgan fingerprint density at radius 2 is 2.06 bits per heavy atom. The van der Waals surface area contributed by atoms with Crippen molar-refractivity contribution in [2.45, 2.75) is 19.9 Å². The molecule has 1 amide bonds. The fourth-order valence-electron chi connectivity index (χ4n) is 1.31. The van der Waals surface area contributed by atoms with E-state index in [0.717, 1.165) is 0 Å². The first-order valence-electron chi connectivity index (χ1n) is 5.14. The van der Waals surface area contributed by atoms with Crippen LogP contribution < -0.4 is 5.32 Å². The summed E-state index contributed by atoms with van der Waals surface area (Å²) in [6, 6.07) is 3.77. The molecule has 1 rings (SSSR count). The molecule has 5 nitrogen and oxygen atoms in total. The van der Waals surface area contributed by atoms with Crippen LogP contribution in [0.5, 0.6) is 5.75 Å². The van der Waals surface area contributed by atoms with Gasteiger partial charge in [-0.15, -0.1) is 0 Å². The van der Waals surface area contributed by atoms with Crippen molar-refractivity contribution in [3.63, 3.8) is 0 Å². The molecule has 0 aromatic heterocycles. The number of methoxy groups -OCH3 is 1. The number of hydrogen-bond acceptors (Lipinski definition) is 4. The van der Waals surface area contributed by atoms with Crippen LogP contribution in [-0.2, 0) is 9.53 Å². The molecule has 92 valence electrons. The van der Waals surface area contributed by atoms with Crippen molar-refractivity contribution in [1.29, 1.82) is 0 Å². The van der Waals surface area contributed by atoms with Crippen LogP contribution in [0.4, 0.5) is 0 Å². The van der Waals surface area contributed by atoms with E-state index in [2.05, 4.69) is 10.1 Å². The Balaban J connectivity index is 2.76. The van der Waals surface area contributed by atoms with E-state index in [0.29, 0.717) is 11.1 Å². The van der Waals surface area contributed by atoms with Crippen molar-refractivity contribution in [2.75, 3.05) is 7.11 Å². The number of carbonyl (C=O) groups is 2. The van der Waals surface area contributed by atoms with Crippen molar-refractivity contribution < 1.29 is 19.4 Å². The number of aromatic hydroxyl groups is 1. The van der Waals surface area contributed by atoms with E-state index in [1.54, 1.807) is 13.0 Å². The highest BCUT2D eigenvalue weighted by atomic mass is 16.5. The van der Waals surface area contributed by atoms with Gasteiger partial charge >= 0.3 is 5.97 Å². The average Bonchev–Trinajstić information content (AvgIpc) is 2.31. The van der Waals surface area contributed by atoms with Gasteiger partial charge in [0.25, 0.3) is 5.91 Å². The predicted molar refractivity (Wildman–Crippen MR) is 61.8 cm³/mol. The Morgan fingerprint density at radius 3 is 2.59 bits per heavy atom. The fraction of sp³-hybridized carbons (Fsp3) is 0.333. The van der Waals surface area contributed by atoms with E-state index in [9.17, 15) is 14.7 Å². The van der Waals surface area contributed by atoms with Crippen molar-refractivity contribution in [3.8, 4) is 5.75 Å². The van der Waals surface area contributed by atoms with E-state index in [-0.39, 0.29) is 11.7 Å². The van der Waals surface area contributed by atoms with Gasteiger partial charge in [-0.1, -0.05) is 0 Å². The minimum atomic E-state index is -0.707. The molecule has 0 radical (unpaired) electrons. The molecule has 0 aliphatic rings. The van der Waals surface area contributed by atoms with Gasteiger partial charge in [0.05, 0.1) is 7.11 Å². The number of rotatable bonds is 3. The standard InChI is InChI=1S/C12H15NO4/c1-7-6-9(4-5-10(7)14)11(15)13-8(2)12(16)17-3/h4-6,8,14H,1-3H3,(H,13,15). The van der Waals surface area contributed by atoms with Gasteiger partial charge in [-0.3, -0.25) is 4.79 Å². The fourth-order valence-corrected chi connectivity index (χ4v) is 1.31. The summed E-state index contributed by atoms with van der Waals surface area (Å²) in [4.78, 5) is 22.9. The molecule has 1 aromatic rings. The minimum absolute atomic E-state index is 0.127. The second-order valence-electron chi connectivity index (χ2n) is 3.72. The van der Waals surface area contributed by atoms with Crippen molar-refractivity contribution in [2.24, 2.45) is 0 Å². The molecule has 0 bridgehead atoms. The first kappa shape index (κ1) is 13.0. The Morgan fingerprint density at radius 1 is 1.41 bits per heavy atom. The largest absolute Gasteiger partial charge is 0.508 e. The highest BCUT2D eigenvalue weighted by molar-refractivity contribution is 5.96. The smallest absolute Gasteiger partial charge is 0.328 e. The van der Waals surface area contributed by atoms with Crippen LogP contribution >= 0.6 is 0 Å². The molecule has 5 heteroatoms. The molecule has 0 aliphatic carbocycles. The second kappa shape index (κ2) is 5.34. The second-order valence-corrected chi connectivity index (χ2v) is 3.72. The maximum Gasteiger partial charge on any atom is 0.328 e. The molecule has 0 spiro atoms. The van der Waals surface area contributed by atoms with Gasteiger partial charge in [0.2, 0.25) is 0 Å². The number of amides is 1. The van der Waals surface area contributed by atoms with Crippen LogP contribution in [0, 0.1) is 6.92 Å². The third kappa shape index (κ3) is 3.21. The Kier molecular flexibility index (Phi) is 4.09. The minimum Gasteiger partial charge on any atom is -0.508 e. The molecule has 0 aliphatic heterocycles. The normalized spacial score (nSPS) is 11.7. The topological polar surface area (TPSA) is 75.6 Å². The zero-order valence-electron chi connectivity index (χ0n) is 9.98. The zero-order chi connectivity index (χ0) is 13.0. The predicted octanol–water partition coefficient (Wildman–Crippen LogP) is 0.992. The third-order valence-corrected chi connectivity index (χ3v) is 2.36. The highest BCUT2D eigenvalue weighted by Gasteiger charge is 2.17. The molecular weight excluding hydrogens is 222 g/mol. The lowest BCUT2D eigenvalue weighted by Gasteiger charge is -2.11. The van der Waals surface area contributed by atoms with Crippen LogP contribution in [-0.4, -0.2) is 30.1 Å². The van der Waals surface area contributed by atoms with Gasteiger partial charge in [0, 0.05) is 5.56 Å². The first-order chi connectivity index (χ1) is 7.95. The first-order valence-corrected chi connectivity index (χ1v) is 5.14. The average molecular weight is 237 g/mol. The molecular formula is C12H15NO4. The van der Waals surface area contributed by atoms with Crippen molar-refractivity contribution >= 4 is 11.9 Å². The van der Waals surface area contributed by atoms with Crippen LogP contribution in [0.15, 0.2) is 18.2 Å². The summed E-state index contributed by atoms with van der Waals surface area (Å²) in [5.41, 5.74) is 0.986. The Bertz CT molecular complexity index is 442. The number of esters is 1. The number of carbonyl (C=O) groups excluding carboxylic acids is 2. The zero-order valence-corrected chi connectivity index (χ0v) is 9.98. The lowest BCUT2D eigenvalue weighted by molar-refractivity contribution is -0.142. The number of benzene rings is 1. The van der Waals surface area contributed by atoms with Crippen LogP contribution in [0.1, 0.15) is 22.8 Å². The van der Waals surface area contributed by atoms with Gasteiger partial charge in [-0.05, 0) is 37.6 Å². The van der Waals surface area contributed by atoms with E-state index in [1.165, 1.54) is 26.2 Å². The summed E-state index contributed by atoms with van der Waals surface area (Å²) >= 11 is 0. The highest BCUT2D eigenvalue weighted by Crippen LogP contribution is 2.16. The summed E-state index contributed by atoms with van der Waals surface area (Å²) in [7, 11) is 1.26. The molecule has 1 unspecified atom stereocenters. The van der Waals surface area contributed by atoms with E-state index >= 15 is 0 Å². The Labute approximate surface area is 99.4 Å². The number of aryl methyl sites for hydroxylation is 1. The quantitative estimate of drug-likeness (QED) is 0.769. The van der Waals surface area contributed by atoms with Gasteiger partial charge < -0.3 is 15.2 Å². The summed E-state index contributed by atoms with van der Waals surface area (Å²) in [6.07, 6.45) is 0. The number of phenolic OH excluding ortho intramolecular Hbond substituents is 1. The molecule has 1 atom stereocenters. The number of nitrogens with one attached hydrogen (secondary N) is 1. The number of phenols is 1. The van der Waals surface area contributed by atoms with Crippen LogP contribution in [0.2, 0.25) is 0 Å². The van der Waals surface area contributed by atoms with Crippen molar-refractivity contribution in [3.05, 3.63) is 29.3 Å². The number of hydrogen-bond donors (Lipinski definition) is 2. The SMILES string of the molecule is COC(=O)C(C)NC(=O)c1ccc(O)c(C)c1. The van der Waals surface area contributed by atoms with E-state index in [1.807, 2.05) is 0 Å². The van der Waals surface area contributed by atoms with Gasteiger partial charge in [-0.25, -0.2) is 4.79 Å². The number of ether oxygens (including phenoxy) is 1. The maximum atomic E-state index is 11.7. The van der Waals surface area contributed by atoms with Crippen molar-refractivity contribution in [1.82, 2.24) is 5.32 Å². The monoisotopic (exact) mass is 237 g/mol. The molecule has 0 saturated carbocycles. The van der Waals surface area contributed by atoms with Gasteiger partial charge in [0.15, 0.2) is 0 Å². The molecule has 0 heterocycles.